The number of ether oxygens (including phenoxy) is 2. The van der Waals surface area contributed by atoms with Crippen molar-refractivity contribution in [2.75, 3.05) is 19.5 Å². The van der Waals surface area contributed by atoms with Crippen molar-refractivity contribution in [3.63, 3.8) is 0 Å². The summed E-state index contributed by atoms with van der Waals surface area (Å²) in [5, 5.41) is 4.01. The molecule has 0 spiro atoms. The maximum absolute atomic E-state index is 5.50. The molecular weight excluding hydrogens is 370 g/mol. The first-order valence-corrected chi connectivity index (χ1v) is 11.7. The summed E-state index contributed by atoms with van der Waals surface area (Å²) in [5.41, 5.74) is 6.34. The van der Waals surface area contributed by atoms with Crippen LogP contribution in [0.15, 0.2) is 36.4 Å². The molecule has 0 radical (unpaired) electrons. The van der Waals surface area contributed by atoms with Crippen LogP contribution in [0.4, 0.5) is 5.69 Å². The number of fused-ring (bicyclic) bond motifs is 8. The molecule has 2 aromatic carbocycles. The molecule has 6 atom stereocenters. The van der Waals surface area contributed by atoms with Gasteiger partial charge in [-0.05, 0) is 115 Å². The number of rotatable bonds is 2. The number of aryl methyl sites for hydroxylation is 1. The molecule has 3 nitrogen and oxygen atoms in total. The fraction of sp³-hybridized carbons (Fsp3) is 0.556. The highest BCUT2D eigenvalue weighted by atomic mass is 16.5. The second kappa shape index (κ2) is 6.67. The zero-order valence-electron chi connectivity index (χ0n) is 18.4. The summed E-state index contributed by atoms with van der Waals surface area (Å²) >= 11 is 0. The molecular formula is C27H33NO2. The minimum absolute atomic E-state index is 0.410. The van der Waals surface area contributed by atoms with E-state index in [-0.39, 0.29) is 0 Å². The van der Waals surface area contributed by atoms with E-state index in [1.165, 1.54) is 55.3 Å². The summed E-state index contributed by atoms with van der Waals surface area (Å²) in [6.45, 7) is 2.60. The number of benzene rings is 2. The topological polar surface area (TPSA) is 30.5 Å². The molecule has 1 heterocycles. The molecule has 30 heavy (non-hydrogen) atoms. The lowest BCUT2D eigenvalue weighted by molar-refractivity contribution is 0.0530. The third kappa shape index (κ3) is 2.57. The van der Waals surface area contributed by atoms with E-state index in [0.29, 0.717) is 11.5 Å². The van der Waals surface area contributed by atoms with Crippen molar-refractivity contribution in [2.24, 2.45) is 23.2 Å². The first-order valence-electron chi connectivity index (χ1n) is 11.7. The van der Waals surface area contributed by atoms with E-state index in [1.807, 2.05) is 0 Å². The predicted octanol–water partition coefficient (Wildman–Crippen LogP) is 5.82. The van der Waals surface area contributed by atoms with Gasteiger partial charge in [0, 0.05) is 11.7 Å². The van der Waals surface area contributed by atoms with Gasteiger partial charge in [-0.15, -0.1) is 0 Å². The number of hydrogen-bond acceptors (Lipinski definition) is 3. The Hall–Kier alpha value is -2.16. The lowest BCUT2D eigenvalue weighted by Crippen LogP contribution is -2.48. The smallest absolute Gasteiger partial charge is 0.119 e. The summed E-state index contributed by atoms with van der Waals surface area (Å²) in [5.74, 6) is 5.13. The van der Waals surface area contributed by atoms with E-state index in [2.05, 4.69) is 48.6 Å². The zero-order chi connectivity index (χ0) is 20.5. The minimum atomic E-state index is 0.410. The first kappa shape index (κ1) is 18.6. The quantitative estimate of drug-likeness (QED) is 0.685. The Morgan fingerprint density at radius 2 is 1.73 bits per heavy atom. The van der Waals surface area contributed by atoms with Crippen LogP contribution in [0.3, 0.4) is 0 Å². The van der Waals surface area contributed by atoms with Gasteiger partial charge < -0.3 is 14.8 Å². The van der Waals surface area contributed by atoms with Crippen molar-refractivity contribution in [3.8, 4) is 11.5 Å². The zero-order valence-corrected chi connectivity index (χ0v) is 18.4. The normalized spacial score (nSPS) is 35.8. The third-order valence-corrected chi connectivity index (χ3v) is 9.22. The van der Waals surface area contributed by atoms with Gasteiger partial charge in [0.2, 0.25) is 0 Å². The second-order valence-electron chi connectivity index (χ2n) is 10.4. The molecule has 158 valence electrons. The average Bonchev–Trinajstić information content (AvgIpc) is 3.08. The van der Waals surface area contributed by atoms with Crippen LogP contribution in [0, 0.1) is 23.2 Å². The maximum Gasteiger partial charge on any atom is 0.119 e. The minimum Gasteiger partial charge on any atom is -0.497 e. The van der Waals surface area contributed by atoms with Gasteiger partial charge in [0.15, 0.2) is 0 Å². The predicted molar refractivity (Wildman–Crippen MR) is 121 cm³/mol. The average molecular weight is 404 g/mol. The lowest BCUT2D eigenvalue weighted by Gasteiger charge is -2.51. The maximum atomic E-state index is 5.50. The largest absolute Gasteiger partial charge is 0.497 e. The molecule has 4 aliphatic rings. The molecule has 0 amide bonds. The van der Waals surface area contributed by atoms with Crippen molar-refractivity contribution < 1.29 is 9.47 Å². The standard InChI is InChI=1S/C27H33NO2/c1-27-11-10-22-21-8-5-19(29-2)13-16(21)4-7-23(22)24(27)15-18-12-17-14-20(30-3)6-9-25(17)28-26(18)27/h5-6,8-9,13-14,18,22-24,26,28H,4,7,10-12,15H2,1-3H3/t18-,22-,23-,24+,26+,27+/m1/s1. The highest BCUT2D eigenvalue weighted by Crippen LogP contribution is 2.64. The molecule has 6 rings (SSSR count). The van der Waals surface area contributed by atoms with E-state index < -0.39 is 0 Å². The van der Waals surface area contributed by atoms with Gasteiger partial charge in [0.1, 0.15) is 11.5 Å². The van der Waals surface area contributed by atoms with Crippen molar-refractivity contribution in [3.05, 3.63) is 53.1 Å². The Balaban J connectivity index is 1.31. The van der Waals surface area contributed by atoms with Gasteiger partial charge in [0.05, 0.1) is 14.2 Å². The molecule has 0 bridgehead atoms. The molecule has 3 heteroatoms. The Bertz CT molecular complexity index is 985. The molecule has 0 unspecified atom stereocenters. The van der Waals surface area contributed by atoms with Crippen LogP contribution >= 0.6 is 0 Å². The molecule has 1 aliphatic heterocycles. The Morgan fingerprint density at radius 3 is 2.53 bits per heavy atom. The fourth-order valence-corrected chi connectivity index (χ4v) is 7.80. The van der Waals surface area contributed by atoms with Crippen LogP contribution < -0.4 is 14.8 Å². The third-order valence-electron chi connectivity index (χ3n) is 9.22. The monoisotopic (exact) mass is 403 g/mol. The molecule has 2 fully saturated rings. The Morgan fingerprint density at radius 1 is 0.967 bits per heavy atom. The van der Waals surface area contributed by atoms with Crippen LogP contribution in [0.5, 0.6) is 11.5 Å². The van der Waals surface area contributed by atoms with E-state index in [9.17, 15) is 0 Å². The summed E-state index contributed by atoms with van der Waals surface area (Å²) in [6.07, 6.45) is 7.78. The Labute approximate surface area is 180 Å². The van der Waals surface area contributed by atoms with Crippen molar-refractivity contribution in [2.45, 2.75) is 57.4 Å². The summed E-state index contributed by atoms with van der Waals surface area (Å²) in [6, 6.07) is 14.0. The van der Waals surface area contributed by atoms with Gasteiger partial charge in [-0.25, -0.2) is 0 Å². The first-order chi connectivity index (χ1) is 14.6. The van der Waals surface area contributed by atoms with Crippen LogP contribution in [0.2, 0.25) is 0 Å². The van der Waals surface area contributed by atoms with Gasteiger partial charge >= 0.3 is 0 Å². The van der Waals surface area contributed by atoms with E-state index in [0.717, 1.165) is 35.2 Å². The lowest BCUT2D eigenvalue weighted by atomic mass is 9.55. The van der Waals surface area contributed by atoms with Crippen LogP contribution in [-0.2, 0) is 12.8 Å². The van der Waals surface area contributed by atoms with Crippen LogP contribution in [0.25, 0.3) is 0 Å². The molecule has 2 saturated carbocycles. The summed E-state index contributed by atoms with van der Waals surface area (Å²) in [7, 11) is 3.54. The van der Waals surface area contributed by atoms with Crippen molar-refractivity contribution in [1.82, 2.24) is 0 Å². The van der Waals surface area contributed by atoms with Crippen molar-refractivity contribution >= 4 is 5.69 Å². The van der Waals surface area contributed by atoms with Crippen LogP contribution in [0.1, 0.15) is 55.2 Å². The van der Waals surface area contributed by atoms with Gasteiger partial charge in [-0.1, -0.05) is 13.0 Å². The fourth-order valence-electron chi connectivity index (χ4n) is 7.80. The number of nitrogens with one attached hydrogen (secondary N) is 1. The van der Waals surface area contributed by atoms with Gasteiger partial charge in [-0.2, -0.15) is 0 Å². The molecule has 0 saturated heterocycles. The highest BCUT2D eigenvalue weighted by Gasteiger charge is 2.59. The molecule has 2 aromatic rings. The van der Waals surface area contributed by atoms with Gasteiger partial charge in [-0.3, -0.25) is 0 Å². The summed E-state index contributed by atoms with van der Waals surface area (Å²) in [4.78, 5) is 0. The summed E-state index contributed by atoms with van der Waals surface area (Å²) < 4.78 is 11.0. The molecule has 3 aliphatic carbocycles. The number of anilines is 1. The van der Waals surface area contributed by atoms with Crippen LogP contribution in [-0.4, -0.2) is 20.3 Å². The second-order valence-corrected chi connectivity index (χ2v) is 10.4. The van der Waals surface area contributed by atoms with E-state index >= 15 is 0 Å². The highest BCUT2D eigenvalue weighted by molar-refractivity contribution is 5.58. The van der Waals surface area contributed by atoms with E-state index in [4.69, 9.17) is 9.47 Å². The Kier molecular flexibility index (Phi) is 4.13. The van der Waals surface area contributed by atoms with E-state index in [1.54, 1.807) is 19.8 Å². The SMILES string of the molecule is COc1ccc2c(c1)C[C@@H]1C[C@H]3[C@@H]4CCc5cc(OC)ccc5[C@H]4CC[C@]3(C)[C@H]1N2. The number of hydrogen-bond donors (Lipinski definition) is 1. The molecule has 0 aromatic heterocycles. The molecule has 1 N–H and O–H groups in total. The number of methoxy groups -OCH3 is 2. The van der Waals surface area contributed by atoms with Gasteiger partial charge in [0.25, 0.3) is 0 Å². The van der Waals surface area contributed by atoms with Crippen molar-refractivity contribution in [1.29, 1.82) is 0 Å².